The zero-order chi connectivity index (χ0) is 27.3. The van der Waals surface area contributed by atoms with Crippen molar-refractivity contribution in [3.05, 3.63) is 46.5 Å². The molecule has 4 rings (SSSR count). The number of carboxylic acid groups (broad SMARTS) is 2. The molecule has 0 bridgehead atoms. The minimum Gasteiger partial charge on any atom is -0.481 e. The molecule has 0 spiro atoms. The number of hydrogen-bond acceptors (Lipinski definition) is 7. The molecule has 200 valence electrons. The van der Waals surface area contributed by atoms with Gasteiger partial charge >= 0.3 is 11.9 Å². The summed E-state index contributed by atoms with van der Waals surface area (Å²) in [4.78, 5) is 49.3. The van der Waals surface area contributed by atoms with Crippen LogP contribution < -0.4 is 5.32 Å². The molecule has 2 saturated heterocycles. The third kappa shape index (κ3) is 6.69. The van der Waals surface area contributed by atoms with Crippen LogP contribution in [0, 0.1) is 11.3 Å². The molecule has 5 N–H and O–H groups in total. The van der Waals surface area contributed by atoms with E-state index in [9.17, 15) is 29.4 Å². The van der Waals surface area contributed by atoms with E-state index in [-0.39, 0.29) is 41.8 Å². The van der Waals surface area contributed by atoms with Crippen molar-refractivity contribution in [1.82, 2.24) is 15.1 Å². The standard InChI is InChI=1S/C15H21N3O4S.C10H11NO3/c1-7(19)12-10-5-11(13(15(21)22)18(10)14(12)20)23-9-3-4-17(6-9)8(2)16;12-9(13)6-7-11-10(14)8-4-2-1-3-5-8/h7,9-10,12,16,19H,3-6H2,1-2H3,(H,21,22);1-5H,6-7H2,(H,11,14)(H,12,13)/t7-,9+,10-,12-;/m1./s1. The van der Waals surface area contributed by atoms with E-state index >= 15 is 0 Å². The van der Waals surface area contributed by atoms with E-state index in [1.165, 1.54) is 16.7 Å². The normalized spacial score (nSPS) is 23.0. The number of rotatable bonds is 8. The lowest BCUT2D eigenvalue weighted by Crippen LogP contribution is -2.61. The van der Waals surface area contributed by atoms with Gasteiger partial charge in [-0.2, -0.15) is 0 Å². The Kier molecular flexibility index (Phi) is 9.33. The molecule has 0 aromatic heterocycles. The van der Waals surface area contributed by atoms with Crippen LogP contribution in [0.4, 0.5) is 0 Å². The quantitative estimate of drug-likeness (QED) is 0.189. The number of fused-ring (bicyclic) bond motifs is 1. The topological polar surface area (TPSA) is 171 Å². The number of carbonyl (C=O) groups excluding carboxylic acids is 2. The van der Waals surface area contributed by atoms with Crippen LogP contribution in [-0.4, -0.2) is 91.7 Å². The second-order valence-corrected chi connectivity index (χ2v) is 10.5. The van der Waals surface area contributed by atoms with Crippen LogP contribution >= 0.6 is 11.8 Å². The zero-order valence-corrected chi connectivity index (χ0v) is 21.5. The summed E-state index contributed by atoms with van der Waals surface area (Å²) >= 11 is 1.52. The first-order valence-corrected chi connectivity index (χ1v) is 12.9. The van der Waals surface area contributed by atoms with Crippen LogP contribution in [0.25, 0.3) is 0 Å². The maximum absolute atomic E-state index is 12.1. The number of hydrogen-bond donors (Lipinski definition) is 5. The fourth-order valence-corrected chi connectivity index (χ4v) is 6.09. The lowest BCUT2D eigenvalue weighted by atomic mass is 9.83. The van der Waals surface area contributed by atoms with Gasteiger partial charge in [0.15, 0.2) is 0 Å². The van der Waals surface area contributed by atoms with Gasteiger partial charge in [0.1, 0.15) is 5.70 Å². The number of nitrogens with one attached hydrogen (secondary N) is 2. The average Bonchev–Trinajstić information content (AvgIpc) is 3.43. The van der Waals surface area contributed by atoms with Gasteiger partial charge in [0.05, 0.1) is 30.3 Å². The second-order valence-electron chi connectivity index (χ2n) is 9.15. The molecule has 3 heterocycles. The molecule has 0 radical (unpaired) electrons. The minimum atomic E-state index is -1.08. The van der Waals surface area contributed by atoms with E-state index in [4.69, 9.17) is 10.5 Å². The Bertz CT molecular complexity index is 1090. The molecule has 0 saturated carbocycles. The summed E-state index contributed by atoms with van der Waals surface area (Å²) in [5, 5.41) is 38.0. The first kappa shape index (κ1) is 28.2. The number of benzene rings is 1. The smallest absolute Gasteiger partial charge is 0.353 e. The maximum Gasteiger partial charge on any atom is 0.353 e. The van der Waals surface area contributed by atoms with Crippen LogP contribution in [0.1, 0.15) is 43.5 Å². The Morgan fingerprint density at radius 1 is 1.22 bits per heavy atom. The monoisotopic (exact) mass is 532 g/mol. The molecule has 11 nitrogen and oxygen atoms in total. The highest BCUT2D eigenvalue weighted by atomic mass is 32.2. The highest BCUT2D eigenvalue weighted by molar-refractivity contribution is 8.03. The minimum absolute atomic E-state index is 0.0570. The van der Waals surface area contributed by atoms with E-state index in [0.29, 0.717) is 17.8 Å². The van der Waals surface area contributed by atoms with Crippen LogP contribution in [0.2, 0.25) is 0 Å². The van der Waals surface area contributed by atoms with Gasteiger partial charge in [-0.1, -0.05) is 18.2 Å². The molecule has 4 atom stereocenters. The summed E-state index contributed by atoms with van der Waals surface area (Å²) in [7, 11) is 0. The van der Waals surface area contributed by atoms with Gasteiger partial charge in [-0.3, -0.25) is 19.8 Å². The van der Waals surface area contributed by atoms with Crippen molar-refractivity contribution < 1.29 is 34.5 Å². The van der Waals surface area contributed by atoms with E-state index in [0.717, 1.165) is 24.4 Å². The molecule has 3 aliphatic rings. The Labute approximate surface area is 219 Å². The van der Waals surface area contributed by atoms with Crippen molar-refractivity contribution in [3.8, 4) is 0 Å². The van der Waals surface area contributed by atoms with Crippen molar-refractivity contribution in [2.75, 3.05) is 19.6 Å². The Balaban J connectivity index is 0.000000233. The SMILES string of the molecule is CC(=N)N1CC[C@H](SC2=C(C(=O)O)N3C(=O)[C@H]([C@@H](C)O)[C@H]3C2)C1.O=C(O)CCNC(=O)c1ccccc1. The van der Waals surface area contributed by atoms with E-state index in [2.05, 4.69) is 5.32 Å². The van der Waals surface area contributed by atoms with E-state index in [1.54, 1.807) is 38.1 Å². The largest absolute Gasteiger partial charge is 0.481 e. The van der Waals surface area contributed by atoms with Gasteiger partial charge in [0, 0.05) is 41.8 Å². The summed E-state index contributed by atoms with van der Waals surface area (Å²) in [5.74, 6) is -2.50. The Morgan fingerprint density at radius 2 is 1.89 bits per heavy atom. The molecule has 2 amide bonds. The third-order valence-electron chi connectivity index (χ3n) is 6.48. The van der Waals surface area contributed by atoms with Gasteiger partial charge < -0.3 is 30.4 Å². The molecular formula is C25H32N4O7S. The Hall–Kier alpha value is -3.38. The Morgan fingerprint density at radius 3 is 2.43 bits per heavy atom. The van der Waals surface area contributed by atoms with Crippen molar-refractivity contribution in [1.29, 1.82) is 5.41 Å². The van der Waals surface area contributed by atoms with Gasteiger partial charge in [-0.05, 0) is 32.4 Å². The summed E-state index contributed by atoms with van der Waals surface area (Å²) in [5.41, 5.74) is 0.629. The number of β-lactam (4-membered cyclic amide) rings is 1. The number of likely N-dealkylation sites (tertiary alicyclic amines) is 1. The van der Waals surface area contributed by atoms with E-state index in [1.807, 2.05) is 11.0 Å². The number of carbonyl (C=O) groups is 4. The fourth-order valence-electron chi connectivity index (χ4n) is 4.64. The van der Waals surface area contributed by atoms with E-state index < -0.39 is 24.0 Å². The van der Waals surface area contributed by atoms with Crippen molar-refractivity contribution in [2.45, 2.75) is 50.5 Å². The molecule has 1 aromatic rings. The van der Waals surface area contributed by atoms with Gasteiger partial charge in [0.25, 0.3) is 5.91 Å². The molecule has 3 aliphatic heterocycles. The van der Waals surface area contributed by atoms with Crippen LogP contribution in [-0.2, 0) is 14.4 Å². The highest BCUT2D eigenvalue weighted by Crippen LogP contribution is 2.48. The summed E-state index contributed by atoms with van der Waals surface area (Å²) < 4.78 is 0. The number of carboxylic acids is 2. The molecule has 2 fully saturated rings. The molecule has 12 heteroatoms. The fraction of sp³-hybridized carbons (Fsp3) is 0.480. The predicted octanol–water partition coefficient (Wildman–Crippen LogP) is 1.59. The lowest BCUT2D eigenvalue weighted by Gasteiger charge is -2.44. The molecule has 0 aliphatic carbocycles. The van der Waals surface area contributed by atoms with Crippen molar-refractivity contribution in [3.63, 3.8) is 0 Å². The molecule has 1 aromatic carbocycles. The zero-order valence-electron chi connectivity index (χ0n) is 20.7. The number of amidine groups is 1. The number of thioether (sulfide) groups is 1. The predicted molar refractivity (Wildman–Crippen MR) is 137 cm³/mol. The summed E-state index contributed by atoms with van der Waals surface area (Å²) in [6.45, 7) is 5.03. The number of aliphatic carboxylic acids is 2. The molecular weight excluding hydrogens is 500 g/mol. The van der Waals surface area contributed by atoms with Crippen LogP contribution in [0.15, 0.2) is 40.9 Å². The number of aliphatic hydroxyl groups excluding tert-OH is 1. The second kappa shape index (κ2) is 12.2. The van der Waals surface area contributed by atoms with Crippen LogP contribution in [0.5, 0.6) is 0 Å². The van der Waals surface area contributed by atoms with Gasteiger partial charge in [0.2, 0.25) is 5.91 Å². The van der Waals surface area contributed by atoms with Gasteiger partial charge in [-0.15, -0.1) is 11.8 Å². The third-order valence-corrected chi connectivity index (χ3v) is 7.84. The van der Waals surface area contributed by atoms with Crippen molar-refractivity contribution >= 4 is 41.4 Å². The first-order valence-electron chi connectivity index (χ1n) is 12.0. The molecule has 37 heavy (non-hydrogen) atoms. The first-order chi connectivity index (χ1) is 17.5. The highest BCUT2D eigenvalue weighted by Gasteiger charge is 2.57. The van der Waals surface area contributed by atoms with Crippen molar-refractivity contribution in [2.24, 2.45) is 5.92 Å². The number of aliphatic hydroxyl groups is 1. The lowest BCUT2D eigenvalue weighted by molar-refractivity contribution is -0.161. The summed E-state index contributed by atoms with van der Waals surface area (Å²) in [6, 6.07) is 8.46. The maximum atomic E-state index is 12.1. The van der Waals surface area contributed by atoms with Crippen LogP contribution in [0.3, 0.4) is 0 Å². The average molecular weight is 533 g/mol. The van der Waals surface area contributed by atoms with Gasteiger partial charge in [-0.25, -0.2) is 4.79 Å². The summed E-state index contributed by atoms with van der Waals surface area (Å²) in [6.07, 6.45) is 0.591. The molecule has 0 unspecified atom stereocenters. The number of nitrogens with zero attached hydrogens (tertiary/aromatic N) is 2. The number of amides is 2.